The third-order valence-electron chi connectivity index (χ3n) is 3.97. The van der Waals surface area contributed by atoms with Crippen LogP contribution >= 0.6 is 11.3 Å². The topological polar surface area (TPSA) is 54.6 Å². The van der Waals surface area contributed by atoms with Gasteiger partial charge in [-0.25, -0.2) is 4.98 Å². The minimum absolute atomic E-state index is 0.400. The molecule has 0 bridgehead atoms. The summed E-state index contributed by atoms with van der Waals surface area (Å²) in [6.07, 6.45) is 4.78. The van der Waals surface area contributed by atoms with E-state index >= 15 is 0 Å². The van der Waals surface area contributed by atoms with E-state index in [1.807, 2.05) is 59.4 Å². The first-order valence-electron chi connectivity index (χ1n) is 6.86. The van der Waals surface area contributed by atoms with Crippen molar-refractivity contribution in [2.24, 2.45) is 0 Å². The lowest BCUT2D eigenvalue weighted by Gasteiger charge is -2.28. The van der Waals surface area contributed by atoms with Crippen molar-refractivity contribution in [1.29, 1.82) is 0 Å². The third kappa shape index (κ3) is 2.34. The predicted molar refractivity (Wildman–Crippen MR) is 82.8 cm³/mol. The van der Waals surface area contributed by atoms with Gasteiger partial charge in [0.25, 0.3) is 0 Å². The van der Waals surface area contributed by atoms with Gasteiger partial charge in [-0.15, -0.1) is 11.3 Å². The van der Waals surface area contributed by atoms with Gasteiger partial charge < -0.3 is 5.11 Å². The van der Waals surface area contributed by atoms with Crippen LogP contribution in [0.1, 0.15) is 24.6 Å². The fourth-order valence-electron chi connectivity index (χ4n) is 2.71. The molecular formula is C16H16N2O2S. The first-order chi connectivity index (χ1) is 10.2. The average molecular weight is 300 g/mol. The van der Waals surface area contributed by atoms with E-state index in [4.69, 9.17) is 0 Å². The number of benzene rings is 1. The molecule has 3 rings (SSSR count). The highest BCUT2D eigenvalue weighted by molar-refractivity contribution is 7.15. The van der Waals surface area contributed by atoms with E-state index in [1.54, 1.807) is 11.3 Å². The van der Waals surface area contributed by atoms with Crippen LogP contribution < -0.4 is 0 Å². The number of rotatable bonds is 5. The number of hydrogen-bond donors (Lipinski definition) is 1. The Labute approximate surface area is 126 Å². The van der Waals surface area contributed by atoms with Crippen LogP contribution in [0.25, 0.3) is 4.96 Å². The molecule has 4 nitrogen and oxygen atoms in total. The van der Waals surface area contributed by atoms with Crippen molar-refractivity contribution in [3.63, 3.8) is 0 Å². The van der Waals surface area contributed by atoms with Crippen LogP contribution in [0.4, 0.5) is 0 Å². The van der Waals surface area contributed by atoms with Crippen molar-refractivity contribution in [3.05, 3.63) is 59.4 Å². The molecule has 108 valence electrons. The van der Waals surface area contributed by atoms with E-state index in [0.29, 0.717) is 12.8 Å². The minimum Gasteiger partial charge on any atom is -0.481 e. The number of carboxylic acid groups (broad SMARTS) is 1. The van der Waals surface area contributed by atoms with Crippen molar-refractivity contribution in [1.82, 2.24) is 9.38 Å². The largest absolute Gasteiger partial charge is 0.481 e. The normalized spacial score (nSPS) is 14.1. The van der Waals surface area contributed by atoms with Crippen LogP contribution in [0.2, 0.25) is 0 Å². The van der Waals surface area contributed by atoms with Gasteiger partial charge in [0.2, 0.25) is 0 Å². The number of fused-ring (bicyclic) bond motifs is 1. The van der Waals surface area contributed by atoms with Crippen molar-refractivity contribution < 1.29 is 9.90 Å². The standard InChI is InChI=1S/C16H16N2O2S/c1-2-16(14(19)20,12-6-4-3-5-7-12)10-13-11-18-8-9-21-15(18)17-13/h3-9,11H,2,10H2,1H3,(H,19,20). The lowest BCUT2D eigenvalue weighted by molar-refractivity contribution is -0.144. The Bertz CT molecular complexity index is 734. The molecule has 0 spiro atoms. The molecular weight excluding hydrogens is 284 g/mol. The van der Waals surface area contributed by atoms with Crippen LogP contribution in [0.3, 0.4) is 0 Å². The first kappa shape index (κ1) is 13.8. The Balaban J connectivity index is 2.03. The van der Waals surface area contributed by atoms with E-state index < -0.39 is 11.4 Å². The number of nitrogens with zero attached hydrogens (tertiary/aromatic N) is 2. The first-order valence-corrected chi connectivity index (χ1v) is 7.73. The maximum atomic E-state index is 12.0. The zero-order valence-electron chi connectivity index (χ0n) is 11.7. The summed E-state index contributed by atoms with van der Waals surface area (Å²) in [6, 6.07) is 9.44. The number of thiazole rings is 1. The fraction of sp³-hybridized carbons (Fsp3) is 0.250. The van der Waals surface area contributed by atoms with Crippen molar-refractivity contribution in [2.45, 2.75) is 25.2 Å². The average Bonchev–Trinajstić information content (AvgIpc) is 3.06. The number of imidazole rings is 1. The molecule has 1 unspecified atom stereocenters. The van der Waals surface area contributed by atoms with Crippen molar-refractivity contribution >= 4 is 22.3 Å². The zero-order valence-corrected chi connectivity index (χ0v) is 12.5. The van der Waals surface area contributed by atoms with Gasteiger partial charge in [-0.1, -0.05) is 37.3 Å². The number of carboxylic acids is 1. The minimum atomic E-state index is -0.925. The summed E-state index contributed by atoms with van der Waals surface area (Å²) in [6.45, 7) is 1.92. The van der Waals surface area contributed by atoms with E-state index in [0.717, 1.165) is 16.2 Å². The molecule has 1 atom stereocenters. The maximum Gasteiger partial charge on any atom is 0.314 e. The summed E-state index contributed by atoms with van der Waals surface area (Å²) in [5, 5.41) is 11.8. The summed E-state index contributed by atoms with van der Waals surface area (Å²) in [4.78, 5) is 17.4. The highest BCUT2D eigenvalue weighted by Crippen LogP contribution is 2.32. The summed E-state index contributed by atoms with van der Waals surface area (Å²) in [5.41, 5.74) is 0.719. The summed E-state index contributed by atoms with van der Waals surface area (Å²) < 4.78 is 1.94. The molecule has 0 saturated heterocycles. The Morgan fingerprint density at radius 3 is 2.76 bits per heavy atom. The molecule has 0 amide bonds. The van der Waals surface area contributed by atoms with Gasteiger partial charge in [-0.3, -0.25) is 9.20 Å². The number of aliphatic carboxylic acids is 1. The zero-order chi connectivity index (χ0) is 14.9. The van der Waals surface area contributed by atoms with Crippen LogP contribution in [0, 0.1) is 0 Å². The van der Waals surface area contributed by atoms with Gasteiger partial charge in [0.15, 0.2) is 4.96 Å². The van der Waals surface area contributed by atoms with E-state index in [1.165, 1.54) is 0 Å². The quantitative estimate of drug-likeness (QED) is 0.786. The van der Waals surface area contributed by atoms with Crippen LogP contribution in [0.5, 0.6) is 0 Å². The van der Waals surface area contributed by atoms with Crippen LogP contribution in [-0.2, 0) is 16.6 Å². The summed E-state index contributed by atoms with van der Waals surface area (Å²) in [7, 11) is 0. The second-order valence-electron chi connectivity index (χ2n) is 5.11. The molecule has 1 aromatic carbocycles. The summed E-state index contributed by atoms with van der Waals surface area (Å²) in [5.74, 6) is -0.799. The lowest BCUT2D eigenvalue weighted by atomic mass is 9.74. The van der Waals surface area contributed by atoms with Gasteiger partial charge in [0, 0.05) is 24.2 Å². The van der Waals surface area contributed by atoms with E-state index in [2.05, 4.69) is 4.98 Å². The van der Waals surface area contributed by atoms with Crippen molar-refractivity contribution in [3.8, 4) is 0 Å². The van der Waals surface area contributed by atoms with Gasteiger partial charge in [-0.05, 0) is 12.0 Å². The molecule has 5 heteroatoms. The number of carbonyl (C=O) groups is 1. The molecule has 0 saturated carbocycles. The Hall–Kier alpha value is -2.14. The van der Waals surface area contributed by atoms with E-state index in [-0.39, 0.29) is 0 Å². The molecule has 0 aliphatic rings. The molecule has 2 aromatic heterocycles. The molecule has 3 aromatic rings. The molecule has 1 N–H and O–H groups in total. The van der Waals surface area contributed by atoms with Crippen molar-refractivity contribution in [2.75, 3.05) is 0 Å². The van der Waals surface area contributed by atoms with E-state index in [9.17, 15) is 9.90 Å². The van der Waals surface area contributed by atoms with Crippen LogP contribution in [-0.4, -0.2) is 20.5 Å². The smallest absolute Gasteiger partial charge is 0.314 e. The van der Waals surface area contributed by atoms with Gasteiger partial charge >= 0.3 is 5.97 Å². The highest BCUT2D eigenvalue weighted by Gasteiger charge is 2.39. The molecule has 2 heterocycles. The second-order valence-corrected chi connectivity index (χ2v) is 5.98. The molecule has 21 heavy (non-hydrogen) atoms. The van der Waals surface area contributed by atoms with Crippen LogP contribution in [0.15, 0.2) is 48.1 Å². The maximum absolute atomic E-state index is 12.0. The molecule has 0 fully saturated rings. The van der Waals surface area contributed by atoms with Gasteiger partial charge in [-0.2, -0.15) is 0 Å². The second kappa shape index (κ2) is 5.33. The highest BCUT2D eigenvalue weighted by atomic mass is 32.1. The SMILES string of the molecule is CCC(Cc1cn2ccsc2n1)(C(=O)O)c1ccccc1. The Kier molecular flexibility index (Phi) is 3.51. The summed E-state index contributed by atoms with van der Waals surface area (Å²) >= 11 is 1.55. The number of hydrogen-bond acceptors (Lipinski definition) is 3. The number of aromatic nitrogens is 2. The Morgan fingerprint density at radius 1 is 1.38 bits per heavy atom. The third-order valence-corrected chi connectivity index (χ3v) is 4.74. The molecule has 0 aliphatic carbocycles. The fourth-order valence-corrected chi connectivity index (χ4v) is 3.43. The molecule has 0 aliphatic heterocycles. The lowest BCUT2D eigenvalue weighted by Crippen LogP contribution is -2.37. The Morgan fingerprint density at radius 2 is 2.14 bits per heavy atom. The van der Waals surface area contributed by atoms with Gasteiger partial charge in [0.05, 0.1) is 11.1 Å². The molecule has 0 radical (unpaired) electrons. The van der Waals surface area contributed by atoms with Gasteiger partial charge in [0.1, 0.15) is 0 Å². The monoisotopic (exact) mass is 300 g/mol. The predicted octanol–water partition coefficient (Wildman–Crippen LogP) is 3.37.